The summed E-state index contributed by atoms with van der Waals surface area (Å²) in [6.45, 7) is 4.11. The number of nitrogens with two attached hydrogens (primary N) is 1. The normalized spacial score (nSPS) is 10.9. The summed E-state index contributed by atoms with van der Waals surface area (Å²) in [6, 6.07) is 1.98. The van der Waals surface area contributed by atoms with Crippen molar-refractivity contribution < 1.29 is 4.52 Å². The maximum absolute atomic E-state index is 5.87. The number of aryl methyl sites for hydroxylation is 1. The quantitative estimate of drug-likeness (QED) is 0.910. The zero-order valence-electron chi connectivity index (χ0n) is 9.19. The van der Waals surface area contributed by atoms with Gasteiger partial charge in [0.05, 0.1) is 16.3 Å². The highest BCUT2D eigenvalue weighted by molar-refractivity contribution is 7.98. The Morgan fingerprint density at radius 2 is 2.38 bits per heavy atom. The Bertz CT molecular complexity index is 478. The van der Waals surface area contributed by atoms with Gasteiger partial charge in [-0.15, -0.1) is 11.3 Å². The Hall–Kier alpha value is -1.01. The number of nitrogen functional groups attached to an aromatic ring is 1. The van der Waals surface area contributed by atoms with E-state index in [9.17, 15) is 0 Å². The lowest BCUT2D eigenvalue weighted by molar-refractivity contribution is 0.425. The van der Waals surface area contributed by atoms with Gasteiger partial charge in [0, 0.05) is 4.88 Å². The highest BCUT2D eigenvalue weighted by Gasteiger charge is 2.13. The van der Waals surface area contributed by atoms with Crippen molar-refractivity contribution in [2.75, 3.05) is 11.5 Å². The van der Waals surface area contributed by atoms with Crippen LogP contribution in [0.15, 0.2) is 10.6 Å². The van der Waals surface area contributed by atoms with Gasteiger partial charge in [-0.05, 0) is 18.7 Å². The van der Waals surface area contributed by atoms with Gasteiger partial charge in [0.15, 0.2) is 5.82 Å². The fourth-order valence-electron chi connectivity index (χ4n) is 1.31. The van der Waals surface area contributed by atoms with Crippen LogP contribution in [0.5, 0.6) is 0 Å². The first kappa shape index (κ1) is 11.5. The molecule has 0 radical (unpaired) electrons. The van der Waals surface area contributed by atoms with E-state index < -0.39 is 0 Å². The van der Waals surface area contributed by atoms with Crippen LogP contribution in [0.2, 0.25) is 0 Å². The maximum Gasteiger partial charge on any atom is 0.260 e. The lowest BCUT2D eigenvalue weighted by Crippen LogP contribution is -1.85. The third-order valence-electron chi connectivity index (χ3n) is 2.02. The van der Waals surface area contributed by atoms with E-state index in [2.05, 4.69) is 17.1 Å². The minimum atomic E-state index is 0.522. The summed E-state index contributed by atoms with van der Waals surface area (Å²) < 4.78 is 5.19. The van der Waals surface area contributed by atoms with Gasteiger partial charge < -0.3 is 10.3 Å². The standard InChI is InChI=1S/C10H13N3OS2/c1-3-15-5-8-12-10(14-13-8)7-4-6(2)16-9(7)11/h4H,3,5,11H2,1-2H3. The molecule has 0 spiro atoms. The molecule has 0 bridgehead atoms. The molecule has 0 amide bonds. The van der Waals surface area contributed by atoms with Crippen LogP contribution in [0.3, 0.4) is 0 Å². The number of anilines is 1. The van der Waals surface area contributed by atoms with Crippen molar-refractivity contribution in [2.45, 2.75) is 19.6 Å². The van der Waals surface area contributed by atoms with E-state index in [0.29, 0.717) is 5.89 Å². The van der Waals surface area contributed by atoms with Crippen molar-refractivity contribution >= 4 is 28.1 Å². The summed E-state index contributed by atoms with van der Waals surface area (Å²) in [5.41, 5.74) is 6.72. The van der Waals surface area contributed by atoms with Crippen molar-refractivity contribution in [1.82, 2.24) is 10.1 Å². The fraction of sp³-hybridized carbons (Fsp3) is 0.400. The molecule has 0 aromatic carbocycles. The monoisotopic (exact) mass is 255 g/mol. The second-order valence-electron chi connectivity index (χ2n) is 3.29. The van der Waals surface area contributed by atoms with Crippen molar-refractivity contribution in [3.8, 4) is 11.5 Å². The molecule has 0 aliphatic rings. The van der Waals surface area contributed by atoms with Crippen LogP contribution in [-0.2, 0) is 5.75 Å². The van der Waals surface area contributed by atoms with E-state index in [-0.39, 0.29) is 0 Å². The zero-order chi connectivity index (χ0) is 11.5. The van der Waals surface area contributed by atoms with Crippen molar-refractivity contribution in [2.24, 2.45) is 0 Å². The minimum Gasteiger partial charge on any atom is -0.390 e. The van der Waals surface area contributed by atoms with Crippen molar-refractivity contribution in [1.29, 1.82) is 0 Å². The van der Waals surface area contributed by atoms with Gasteiger partial charge in [0.1, 0.15) is 0 Å². The fourth-order valence-corrected chi connectivity index (χ4v) is 2.60. The van der Waals surface area contributed by atoms with Gasteiger partial charge in [0.2, 0.25) is 0 Å². The Morgan fingerprint density at radius 1 is 1.56 bits per heavy atom. The third-order valence-corrected chi connectivity index (χ3v) is 3.77. The molecular weight excluding hydrogens is 242 g/mol. The minimum absolute atomic E-state index is 0.522. The first-order chi connectivity index (χ1) is 7.70. The molecule has 2 aromatic heterocycles. The highest BCUT2D eigenvalue weighted by Crippen LogP contribution is 2.32. The lowest BCUT2D eigenvalue weighted by atomic mass is 10.3. The van der Waals surface area contributed by atoms with Gasteiger partial charge in [-0.1, -0.05) is 12.1 Å². The molecule has 0 unspecified atom stereocenters. The molecule has 2 heterocycles. The van der Waals surface area contributed by atoms with Crippen LogP contribution < -0.4 is 5.73 Å². The summed E-state index contributed by atoms with van der Waals surface area (Å²) in [5, 5.41) is 4.65. The summed E-state index contributed by atoms with van der Waals surface area (Å²) in [4.78, 5) is 5.47. The number of thiophene rings is 1. The van der Waals surface area contributed by atoms with Crippen LogP contribution in [0.1, 0.15) is 17.6 Å². The number of aromatic nitrogens is 2. The first-order valence-electron chi connectivity index (χ1n) is 4.97. The summed E-state index contributed by atoms with van der Waals surface area (Å²) >= 11 is 3.30. The summed E-state index contributed by atoms with van der Waals surface area (Å²) in [5.74, 6) is 3.07. The molecule has 2 rings (SSSR count). The number of thioether (sulfide) groups is 1. The molecular formula is C10H13N3OS2. The smallest absolute Gasteiger partial charge is 0.260 e. The Kier molecular flexibility index (Phi) is 3.50. The van der Waals surface area contributed by atoms with E-state index in [4.69, 9.17) is 10.3 Å². The average molecular weight is 255 g/mol. The lowest BCUT2D eigenvalue weighted by Gasteiger charge is -1.90. The molecule has 2 aromatic rings. The molecule has 4 nitrogen and oxygen atoms in total. The Balaban J connectivity index is 2.21. The second kappa shape index (κ2) is 4.88. The first-order valence-corrected chi connectivity index (χ1v) is 6.94. The summed E-state index contributed by atoms with van der Waals surface area (Å²) in [7, 11) is 0. The third kappa shape index (κ3) is 2.38. The topological polar surface area (TPSA) is 64.9 Å². The van der Waals surface area contributed by atoms with E-state index >= 15 is 0 Å². The van der Waals surface area contributed by atoms with Crippen molar-refractivity contribution in [3.63, 3.8) is 0 Å². The van der Waals surface area contributed by atoms with Gasteiger partial charge in [0.25, 0.3) is 5.89 Å². The molecule has 0 saturated carbocycles. The van der Waals surface area contributed by atoms with E-state index in [1.54, 1.807) is 11.8 Å². The number of hydrogen-bond acceptors (Lipinski definition) is 6. The van der Waals surface area contributed by atoms with Gasteiger partial charge in [-0.3, -0.25) is 0 Å². The molecule has 0 saturated heterocycles. The summed E-state index contributed by atoms with van der Waals surface area (Å²) in [6.07, 6.45) is 0. The molecule has 0 aliphatic carbocycles. The predicted molar refractivity (Wildman–Crippen MR) is 68.6 cm³/mol. The van der Waals surface area contributed by atoms with Crippen LogP contribution in [0.4, 0.5) is 5.00 Å². The van der Waals surface area contributed by atoms with E-state index in [1.807, 2.05) is 13.0 Å². The molecule has 0 aliphatic heterocycles. The Morgan fingerprint density at radius 3 is 3.00 bits per heavy atom. The van der Waals surface area contributed by atoms with Gasteiger partial charge >= 0.3 is 0 Å². The molecule has 0 fully saturated rings. The number of hydrogen-bond donors (Lipinski definition) is 1. The van der Waals surface area contributed by atoms with E-state index in [0.717, 1.165) is 32.8 Å². The van der Waals surface area contributed by atoms with Crippen LogP contribution in [-0.4, -0.2) is 15.9 Å². The van der Waals surface area contributed by atoms with Crippen LogP contribution in [0, 0.1) is 6.92 Å². The van der Waals surface area contributed by atoms with Crippen LogP contribution in [0.25, 0.3) is 11.5 Å². The zero-order valence-corrected chi connectivity index (χ0v) is 10.8. The Labute approximate surface area is 102 Å². The molecule has 16 heavy (non-hydrogen) atoms. The second-order valence-corrected chi connectivity index (χ2v) is 5.85. The molecule has 6 heteroatoms. The highest BCUT2D eigenvalue weighted by atomic mass is 32.2. The maximum atomic E-state index is 5.87. The number of rotatable bonds is 4. The predicted octanol–water partition coefficient (Wildman–Crippen LogP) is 2.94. The average Bonchev–Trinajstić information content (AvgIpc) is 2.82. The van der Waals surface area contributed by atoms with E-state index in [1.165, 1.54) is 11.3 Å². The van der Waals surface area contributed by atoms with Gasteiger partial charge in [-0.25, -0.2) is 0 Å². The van der Waals surface area contributed by atoms with Crippen LogP contribution >= 0.6 is 23.1 Å². The van der Waals surface area contributed by atoms with Gasteiger partial charge in [-0.2, -0.15) is 16.7 Å². The number of nitrogens with zero attached hydrogens (tertiary/aromatic N) is 2. The molecule has 2 N–H and O–H groups in total. The largest absolute Gasteiger partial charge is 0.390 e. The molecule has 0 atom stereocenters. The molecule has 86 valence electrons. The van der Waals surface area contributed by atoms with Crippen molar-refractivity contribution in [3.05, 3.63) is 16.8 Å². The SMILES string of the molecule is CCSCc1noc(-c2cc(C)sc2N)n1.